The fourth-order valence-corrected chi connectivity index (χ4v) is 11.2. The number of ether oxygens (including phenoxy) is 1. The Morgan fingerprint density at radius 2 is 1.47 bits per heavy atom. The fraction of sp³-hybridized carbons (Fsp3) is 1.00. The van der Waals surface area contributed by atoms with Crippen LogP contribution in [-0.4, -0.2) is 76.0 Å². The molecule has 2 N–H and O–H groups in total. The van der Waals surface area contributed by atoms with Crippen LogP contribution in [0.25, 0.3) is 0 Å². The monoisotopic (exact) mass is 489 g/mol. The highest BCUT2D eigenvalue weighted by Crippen LogP contribution is 2.39. The molecule has 0 bridgehead atoms. The van der Waals surface area contributed by atoms with Crippen molar-refractivity contribution < 1.29 is 21.6 Å². The predicted molar refractivity (Wildman–Crippen MR) is 123 cm³/mol. The van der Waals surface area contributed by atoms with Crippen molar-refractivity contribution in [2.75, 3.05) is 32.8 Å². The Bertz CT molecular complexity index is 860. The Balaban J connectivity index is 1.18. The summed E-state index contributed by atoms with van der Waals surface area (Å²) >= 11 is 0. The minimum atomic E-state index is -3.35. The number of nitrogens with one attached hydrogen (secondary N) is 2. The van der Waals surface area contributed by atoms with Gasteiger partial charge in [-0.15, -0.1) is 0 Å². The SMILES string of the molecule is O=S(=O)(C1CCCCC1)C1CC2CN(S(=O)(=O)C3CCC(C4NCCO4)CC3)CC2CN1. The summed E-state index contributed by atoms with van der Waals surface area (Å²) in [6.45, 7) is 3.24. The van der Waals surface area contributed by atoms with Crippen molar-refractivity contribution in [3.8, 4) is 0 Å². The van der Waals surface area contributed by atoms with E-state index in [2.05, 4.69) is 10.6 Å². The number of hydrogen-bond acceptors (Lipinski definition) is 7. The van der Waals surface area contributed by atoms with E-state index in [0.29, 0.717) is 44.8 Å². The second-order valence-corrected chi connectivity index (χ2v) is 15.3. The highest BCUT2D eigenvalue weighted by Gasteiger charge is 2.48. The molecule has 4 atom stereocenters. The molecule has 5 aliphatic rings. The summed E-state index contributed by atoms with van der Waals surface area (Å²) in [6, 6.07) is 0. The van der Waals surface area contributed by atoms with Gasteiger partial charge in [0.05, 0.1) is 17.1 Å². The van der Waals surface area contributed by atoms with Gasteiger partial charge in [-0.25, -0.2) is 21.1 Å². The van der Waals surface area contributed by atoms with Gasteiger partial charge in [-0.05, 0) is 62.7 Å². The summed E-state index contributed by atoms with van der Waals surface area (Å²) < 4.78 is 60.6. The third-order valence-corrected chi connectivity index (χ3v) is 13.6. The van der Waals surface area contributed by atoms with E-state index in [9.17, 15) is 16.8 Å². The van der Waals surface area contributed by atoms with E-state index in [0.717, 1.165) is 58.1 Å². The van der Waals surface area contributed by atoms with Gasteiger partial charge < -0.3 is 10.1 Å². The maximum atomic E-state index is 13.4. The van der Waals surface area contributed by atoms with Crippen molar-refractivity contribution in [1.82, 2.24) is 14.9 Å². The minimum absolute atomic E-state index is 0.0856. The van der Waals surface area contributed by atoms with Gasteiger partial charge in [0, 0.05) is 26.2 Å². The molecule has 2 saturated carbocycles. The number of fused-ring (bicyclic) bond motifs is 1. The number of sulfone groups is 1. The molecule has 4 unspecified atom stereocenters. The molecule has 0 aromatic carbocycles. The van der Waals surface area contributed by atoms with Gasteiger partial charge in [-0.1, -0.05) is 19.3 Å². The summed E-state index contributed by atoms with van der Waals surface area (Å²) in [7, 11) is -6.55. The molecule has 32 heavy (non-hydrogen) atoms. The van der Waals surface area contributed by atoms with E-state index in [1.807, 2.05) is 0 Å². The van der Waals surface area contributed by atoms with E-state index < -0.39 is 25.2 Å². The first kappa shape index (κ1) is 23.5. The number of piperidine rings is 1. The first-order valence-corrected chi connectivity index (χ1v) is 15.8. The van der Waals surface area contributed by atoms with E-state index in [4.69, 9.17) is 4.74 Å². The van der Waals surface area contributed by atoms with Crippen molar-refractivity contribution in [3.63, 3.8) is 0 Å². The topological polar surface area (TPSA) is 105 Å². The molecule has 184 valence electrons. The lowest BCUT2D eigenvalue weighted by Crippen LogP contribution is -2.50. The van der Waals surface area contributed by atoms with E-state index in [-0.39, 0.29) is 28.6 Å². The molecule has 0 spiro atoms. The average molecular weight is 490 g/mol. The van der Waals surface area contributed by atoms with Crippen molar-refractivity contribution in [3.05, 3.63) is 0 Å². The predicted octanol–water partition coefficient (Wildman–Crippen LogP) is 1.44. The zero-order chi connectivity index (χ0) is 22.3. The number of rotatable bonds is 5. The van der Waals surface area contributed by atoms with Crippen molar-refractivity contribution in [2.45, 2.75) is 86.3 Å². The van der Waals surface area contributed by atoms with Gasteiger partial charge in [0.2, 0.25) is 10.0 Å². The van der Waals surface area contributed by atoms with E-state index in [1.54, 1.807) is 4.31 Å². The van der Waals surface area contributed by atoms with Gasteiger partial charge in [0.25, 0.3) is 0 Å². The van der Waals surface area contributed by atoms with Crippen LogP contribution in [0.2, 0.25) is 0 Å². The number of sulfonamides is 1. The highest BCUT2D eigenvalue weighted by atomic mass is 32.2. The third kappa shape index (κ3) is 4.52. The normalized spacial score (nSPS) is 40.4. The molecular formula is C22H39N3O5S2. The summed E-state index contributed by atoms with van der Waals surface area (Å²) in [5.41, 5.74) is 0. The van der Waals surface area contributed by atoms with Crippen LogP contribution in [0.15, 0.2) is 0 Å². The lowest BCUT2D eigenvalue weighted by atomic mass is 9.87. The summed E-state index contributed by atoms with van der Waals surface area (Å²) in [4.78, 5) is 0. The Morgan fingerprint density at radius 3 is 2.16 bits per heavy atom. The Labute approximate surface area is 193 Å². The zero-order valence-corrected chi connectivity index (χ0v) is 20.6. The van der Waals surface area contributed by atoms with Crippen LogP contribution in [0.5, 0.6) is 0 Å². The first-order chi connectivity index (χ1) is 15.4. The van der Waals surface area contributed by atoms with Crippen LogP contribution in [0, 0.1) is 17.8 Å². The third-order valence-electron chi connectivity index (χ3n) is 8.75. The van der Waals surface area contributed by atoms with Crippen LogP contribution in [0.4, 0.5) is 0 Å². The molecule has 2 aliphatic carbocycles. The lowest BCUT2D eigenvalue weighted by molar-refractivity contribution is 0.0371. The van der Waals surface area contributed by atoms with Gasteiger partial charge in [0.15, 0.2) is 9.84 Å². The fourth-order valence-electron chi connectivity index (χ4n) is 6.77. The summed E-state index contributed by atoms with van der Waals surface area (Å²) in [5, 5.41) is 5.61. The molecule has 8 nitrogen and oxygen atoms in total. The second-order valence-electron chi connectivity index (χ2n) is 10.6. The maximum absolute atomic E-state index is 13.4. The molecule has 10 heteroatoms. The zero-order valence-electron chi connectivity index (χ0n) is 19.0. The van der Waals surface area contributed by atoms with E-state index >= 15 is 0 Å². The largest absolute Gasteiger partial charge is 0.362 e. The molecule has 3 aliphatic heterocycles. The summed E-state index contributed by atoms with van der Waals surface area (Å²) in [5.74, 6) is 0.761. The molecule has 0 aromatic heterocycles. The molecule has 0 radical (unpaired) electrons. The molecule has 3 saturated heterocycles. The van der Waals surface area contributed by atoms with Crippen LogP contribution < -0.4 is 10.6 Å². The molecule has 5 rings (SSSR count). The van der Waals surface area contributed by atoms with Crippen LogP contribution in [0.3, 0.4) is 0 Å². The van der Waals surface area contributed by atoms with Crippen molar-refractivity contribution in [2.24, 2.45) is 17.8 Å². The lowest BCUT2D eigenvalue weighted by Gasteiger charge is -2.35. The van der Waals surface area contributed by atoms with Crippen LogP contribution in [0.1, 0.15) is 64.2 Å². The summed E-state index contributed by atoms with van der Waals surface area (Å²) in [6.07, 6.45) is 8.47. The van der Waals surface area contributed by atoms with Gasteiger partial charge in [-0.3, -0.25) is 5.32 Å². The molecule has 3 heterocycles. The molecular weight excluding hydrogens is 450 g/mol. The first-order valence-electron chi connectivity index (χ1n) is 12.7. The molecule has 0 aromatic rings. The Morgan fingerprint density at radius 1 is 0.750 bits per heavy atom. The minimum Gasteiger partial charge on any atom is -0.362 e. The molecule has 0 amide bonds. The standard InChI is InChI=1S/C22H39N3O5S2/c26-31(27,19-4-2-1-3-5-19)21-12-17-14-25(15-18(17)13-24-21)32(28,29)20-8-6-16(7-9-20)22-23-10-11-30-22/h16-24H,1-15H2. The second kappa shape index (κ2) is 9.41. The molecule has 5 fully saturated rings. The van der Waals surface area contributed by atoms with E-state index in [1.165, 1.54) is 0 Å². The number of hydrogen-bond donors (Lipinski definition) is 2. The van der Waals surface area contributed by atoms with Gasteiger partial charge in [0.1, 0.15) is 11.6 Å². The van der Waals surface area contributed by atoms with Crippen LogP contribution >= 0.6 is 0 Å². The quantitative estimate of drug-likeness (QED) is 0.602. The average Bonchev–Trinajstić information content (AvgIpc) is 3.50. The van der Waals surface area contributed by atoms with Gasteiger partial charge in [-0.2, -0.15) is 0 Å². The van der Waals surface area contributed by atoms with Crippen molar-refractivity contribution in [1.29, 1.82) is 0 Å². The Kier molecular flexibility index (Phi) is 6.91. The maximum Gasteiger partial charge on any atom is 0.216 e. The van der Waals surface area contributed by atoms with Crippen LogP contribution in [-0.2, 0) is 24.6 Å². The highest BCUT2D eigenvalue weighted by molar-refractivity contribution is 7.92. The van der Waals surface area contributed by atoms with Gasteiger partial charge >= 0.3 is 0 Å². The van der Waals surface area contributed by atoms with Crippen molar-refractivity contribution >= 4 is 19.9 Å². The number of nitrogens with zero attached hydrogens (tertiary/aromatic N) is 1. The smallest absolute Gasteiger partial charge is 0.216 e. The Hall–Kier alpha value is -0.260.